The number of nitrogens with one attached hydrogen (secondary N) is 1. The van der Waals surface area contributed by atoms with E-state index in [1.165, 1.54) is 24.8 Å². The molecule has 7 nitrogen and oxygen atoms in total. The Bertz CT molecular complexity index is 1220. The smallest absolute Gasteiger partial charge is 0.225 e. The zero-order chi connectivity index (χ0) is 31.8. The third-order valence-electron chi connectivity index (χ3n) is 7.75. The van der Waals surface area contributed by atoms with E-state index in [9.17, 15) is 15.0 Å². The number of β-amino-alcohol motifs (C(OH)–C–C–N with tert-alkyl or cyclic N) is 1. The monoisotopic (exact) mass is 600 g/mol. The van der Waals surface area contributed by atoms with Crippen molar-refractivity contribution in [2.24, 2.45) is 5.92 Å². The summed E-state index contributed by atoms with van der Waals surface area (Å²) in [6.45, 7) is 13.4. The number of aromatic nitrogens is 1. The van der Waals surface area contributed by atoms with Gasteiger partial charge in [-0.15, -0.1) is 6.58 Å². The van der Waals surface area contributed by atoms with Crippen molar-refractivity contribution >= 4 is 5.91 Å². The highest BCUT2D eigenvalue weighted by atomic mass is 16.3. The van der Waals surface area contributed by atoms with Crippen LogP contribution in [0.25, 0.3) is 0 Å². The maximum absolute atomic E-state index is 12.8. The molecule has 1 fully saturated rings. The molecule has 5 rings (SSSR count). The Labute approximate surface area is 264 Å². The molecule has 0 bridgehead atoms. The van der Waals surface area contributed by atoms with Crippen molar-refractivity contribution in [3.63, 3.8) is 0 Å². The first-order valence-corrected chi connectivity index (χ1v) is 15.9. The van der Waals surface area contributed by atoms with E-state index in [1.54, 1.807) is 37.2 Å². The number of amides is 1. The number of aliphatic hydroxyl groups is 2. The van der Waals surface area contributed by atoms with Crippen LogP contribution in [-0.4, -0.2) is 75.5 Å². The molecule has 44 heavy (non-hydrogen) atoms. The van der Waals surface area contributed by atoms with Gasteiger partial charge in [0.1, 0.15) is 5.72 Å². The van der Waals surface area contributed by atoms with Crippen molar-refractivity contribution in [3.05, 3.63) is 114 Å². The maximum Gasteiger partial charge on any atom is 0.225 e. The number of hydrogen-bond acceptors (Lipinski definition) is 6. The molecular weight excluding hydrogens is 548 g/mol. The van der Waals surface area contributed by atoms with Crippen LogP contribution in [0, 0.1) is 5.92 Å². The summed E-state index contributed by atoms with van der Waals surface area (Å²) < 4.78 is 0. The molecule has 0 spiro atoms. The minimum atomic E-state index is -1.29. The molecule has 3 aromatic rings. The van der Waals surface area contributed by atoms with Gasteiger partial charge in [0, 0.05) is 57.6 Å². The molecule has 1 aliphatic carbocycles. The number of aryl methyl sites for hydroxylation is 2. The van der Waals surface area contributed by atoms with Gasteiger partial charge in [-0.1, -0.05) is 66.7 Å². The first-order chi connectivity index (χ1) is 21.2. The van der Waals surface area contributed by atoms with Crippen LogP contribution in [0.3, 0.4) is 0 Å². The summed E-state index contributed by atoms with van der Waals surface area (Å²) in [7, 11) is 0. The number of pyridine rings is 1. The van der Waals surface area contributed by atoms with Crippen molar-refractivity contribution < 1.29 is 15.0 Å². The Hall–Kier alpha value is -3.36. The highest BCUT2D eigenvalue weighted by Crippen LogP contribution is 2.20. The van der Waals surface area contributed by atoms with Gasteiger partial charge in [0.05, 0.1) is 6.10 Å². The number of nitrogens with zero attached hydrogens (tertiary/aromatic N) is 3. The number of carbonyl (C=O) groups excluding carboxylic acids is 1. The van der Waals surface area contributed by atoms with Gasteiger partial charge in [0.25, 0.3) is 0 Å². The molecule has 3 N–H and O–H groups in total. The second-order valence-electron chi connectivity index (χ2n) is 12.3. The zero-order valence-electron chi connectivity index (χ0n) is 26.9. The summed E-state index contributed by atoms with van der Waals surface area (Å²) in [5.41, 5.74) is 4.10. The van der Waals surface area contributed by atoms with Gasteiger partial charge in [-0.25, -0.2) is 0 Å². The summed E-state index contributed by atoms with van der Waals surface area (Å²) in [6, 6.07) is 22.6. The van der Waals surface area contributed by atoms with E-state index >= 15 is 0 Å². The van der Waals surface area contributed by atoms with E-state index in [0.717, 1.165) is 38.3 Å². The molecule has 1 amide bonds. The molecule has 2 atom stereocenters. The SMILES string of the molecule is C=CC.CC(C)(O)NC(=O)[C@H](Cc1ccccc1)CC(O)CN1CCN(Cc2cccnc2)CC1.c1ccc2c(c1)CCC2. The third-order valence-corrected chi connectivity index (χ3v) is 7.75. The standard InChI is InChI=1S/C25H36N4O3.C9H10.C3H6/c1-25(2,32)27-24(31)22(15-20-7-4-3-5-8-20)16-23(30)19-29-13-11-28(12-14-29)18-21-9-6-10-26-17-21;1-2-5-9-7-3-6-8(9)4-1;1-3-2/h3-10,17,22-23,30,32H,11-16,18-19H2,1-2H3,(H,27,31);1-2,4-5H,3,6-7H2;3H,1H2,2H3/t22-,23?;;/m1../s1. The number of allylic oxidation sites excluding steroid dienone is 1. The van der Waals surface area contributed by atoms with Crippen LogP contribution in [-0.2, 0) is 30.6 Å². The number of carbonyl (C=O) groups is 1. The lowest BCUT2D eigenvalue weighted by atomic mass is 9.92. The minimum absolute atomic E-state index is 0.235. The number of benzene rings is 2. The fraction of sp³-hybridized carbons (Fsp3) is 0.459. The molecule has 1 aliphatic heterocycles. The summed E-state index contributed by atoms with van der Waals surface area (Å²) in [5.74, 6) is -0.646. The first kappa shape index (κ1) is 35.1. The molecule has 2 heterocycles. The van der Waals surface area contributed by atoms with Crippen LogP contribution in [0.4, 0.5) is 0 Å². The van der Waals surface area contributed by atoms with Gasteiger partial charge in [-0.3, -0.25) is 19.6 Å². The van der Waals surface area contributed by atoms with E-state index in [1.807, 2.05) is 49.5 Å². The number of rotatable bonds is 10. The quantitative estimate of drug-likeness (QED) is 0.224. The molecule has 1 saturated heterocycles. The fourth-order valence-electron chi connectivity index (χ4n) is 5.68. The van der Waals surface area contributed by atoms with Crippen LogP contribution >= 0.6 is 0 Å². The van der Waals surface area contributed by atoms with Gasteiger partial charge in [-0.2, -0.15) is 0 Å². The Balaban J connectivity index is 0.000000364. The van der Waals surface area contributed by atoms with Crippen molar-refractivity contribution in [1.29, 1.82) is 0 Å². The minimum Gasteiger partial charge on any atom is -0.392 e. The second-order valence-corrected chi connectivity index (χ2v) is 12.3. The lowest BCUT2D eigenvalue weighted by Crippen LogP contribution is -2.49. The van der Waals surface area contributed by atoms with Crippen molar-refractivity contribution in [2.75, 3.05) is 32.7 Å². The van der Waals surface area contributed by atoms with Crippen molar-refractivity contribution in [1.82, 2.24) is 20.1 Å². The molecule has 238 valence electrons. The predicted molar refractivity (Wildman–Crippen MR) is 179 cm³/mol. The lowest BCUT2D eigenvalue weighted by Gasteiger charge is -2.36. The Morgan fingerprint density at radius 2 is 1.52 bits per heavy atom. The predicted octanol–water partition coefficient (Wildman–Crippen LogP) is 5.02. The summed E-state index contributed by atoms with van der Waals surface area (Å²) >= 11 is 0. The molecule has 2 aliphatic rings. The molecule has 7 heteroatoms. The topological polar surface area (TPSA) is 88.9 Å². The number of piperazine rings is 1. The Morgan fingerprint density at radius 3 is 2.09 bits per heavy atom. The van der Waals surface area contributed by atoms with Crippen molar-refractivity contribution in [3.8, 4) is 0 Å². The van der Waals surface area contributed by atoms with E-state index in [4.69, 9.17) is 0 Å². The summed E-state index contributed by atoms with van der Waals surface area (Å²) in [6.07, 6.45) is 9.68. The average Bonchev–Trinajstić information content (AvgIpc) is 3.48. The van der Waals surface area contributed by atoms with E-state index in [0.29, 0.717) is 19.4 Å². The van der Waals surface area contributed by atoms with E-state index in [2.05, 4.69) is 57.0 Å². The Kier molecular flexibility index (Phi) is 14.7. The number of hydrogen-bond donors (Lipinski definition) is 3. The van der Waals surface area contributed by atoms with Crippen LogP contribution in [0.15, 0.2) is 91.8 Å². The highest BCUT2D eigenvalue weighted by Gasteiger charge is 2.28. The van der Waals surface area contributed by atoms with Crippen LogP contribution in [0.1, 0.15) is 55.9 Å². The molecule has 1 aromatic heterocycles. The van der Waals surface area contributed by atoms with E-state index in [-0.39, 0.29) is 5.91 Å². The van der Waals surface area contributed by atoms with E-state index < -0.39 is 17.7 Å². The van der Waals surface area contributed by atoms with Crippen LogP contribution in [0.2, 0.25) is 0 Å². The van der Waals surface area contributed by atoms with Gasteiger partial charge >= 0.3 is 0 Å². The van der Waals surface area contributed by atoms with Crippen LogP contribution in [0.5, 0.6) is 0 Å². The zero-order valence-corrected chi connectivity index (χ0v) is 26.9. The van der Waals surface area contributed by atoms with Gasteiger partial charge < -0.3 is 15.5 Å². The number of aliphatic hydroxyl groups excluding tert-OH is 1. The number of fused-ring (bicyclic) bond motifs is 1. The second kappa shape index (κ2) is 18.4. The largest absolute Gasteiger partial charge is 0.392 e. The third kappa shape index (κ3) is 13.1. The van der Waals surface area contributed by atoms with Gasteiger partial charge in [0.2, 0.25) is 5.91 Å². The van der Waals surface area contributed by atoms with Gasteiger partial charge in [0.15, 0.2) is 0 Å². The first-order valence-electron chi connectivity index (χ1n) is 15.9. The fourth-order valence-corrected chi connectivity index (χ4v) is 5.68. The highest BCUT2D eigenvalue weighted by molar-refractivity contribution is 5.79. The van der Waals surface area contributed by atoms with Crippen LogP contribution < -0.4 is 5.32 Å². The molecule has 0 saturated carbocycles. The average molecular weight is 601 g/mol. The molecule has 2 aromatic carbocycles. The lowest BCUT2D eigenvalue weighted by molar-refractivity contribution is -0.132. The molecular formula is C37H52N4O3. The normalized spacial score (nSPS) is 16.3. The summed E-state index contributed by atoms with van der Waals surface area (Å²) in [5, 5.41) is 23.5. The molecule has 1 unspecified atom stereocenters. The Morgan fingerprint density at radius 1 is 0.955 bits per heavy atom. The van der Waals surface area contributed by atoms with Crippen molar-refractivity contribution in [2.45, 2.75) is 71.2 Å². The summed E-state index contributed by atoms with van der Waals surface area (Å²) in [4.78, 5) is 21.6. The van der Waals surface area contributed by atoms with Gasteiger partial charge in [-0.05, 0) is 81.2 Å². The maximum atomic E-state index is 12.8. The molecule has 0 radical (unpaired) electrons.